The molecule has 0 radical (unpaired) electrons. The van der Waals surface area contributed by atoms with Gasteiger partial charge in [-0.15, -0.1) is 0 Å². The third-order valence-corrected chi connectivity index (χ3v) is 3.30. The molecular formula is C18H25N3. The van der Waals surface area contributed by atoms with Gasteiger partial charge in [0.15, 0.2) is 0 Å². The Kier molecular flexibility index (Phi) is 4.51. The van der Waals surface area contributed by atoms with Gasteiger partial charge in [0, 0.05) is 31.2 Å². The Balaban J connectivity index is 2.21. The Labute approximate surface area is 128 Å². The second kappa shape index (κ2) is 6.17. The van der Waals surface area contributed by atoms with Gasteiger partial charge in [-0.2, -0.15) is 5.10 Å². The topological polar surface area (TPSA) is 27.6 Å². The SMILES string of the molecule is CN(C)C1=CC(c2ccccc2C=NNC(C)(C)C)C=C1. The summed E-state index contributed by atoms with van der Waals surface area (Å²) in [6.45, 7) is 6.30. The molecule has 1 N–H and O–H groups in total. The number of hydrazone groups is 1. The molecule has 1 atom stereocenters. The zero-order valence-electron chi connectivity index (χ0n) is 13.6. The second-order valence-electron chi connectivity index (χ2n) is 6.62. The maximum Gasteiger partial charge on any atom is 0.0543 e. The van der Waals surface area contributed by atoms with Crippen molar-refractivity contribution in [1.29, 1.82) is 0 Å². The van der Waals surface area contributed by atoms with E-state index in [-0.39, 0.29) is 5.54 Å². The van der Waals surface area contributed by atoms with Crippen molar-refractivity contribution in [2.24, 2.45) is 5.10 Å². The molecule has 0 bridgehead atoms. The van der Waals surface area contributed by atoms with Crippen molar-refractivity contribution >= 4 is 6.21 Å². The summed E-state index contributed by atoms with van der Waals surface area (Å²) in [5.74, 6) is 0.319. The van der Waals surface area contributed by atoms with Gasteiger partial charge in [-0.3, -0.25) is 0 Å². The number of hydrogen-bond donors (Lipinski definition) is 1. The molecular weight excluding hydrogens is 258 g/mol. The summed E-state index contributed by atoms with van der Waals surface area (Å²) in [6, 6.07) is 8.41. The van der Waals surface area contributed by atoms with E-state index in [1.165, 1.54) is 11.3 Å². The molecule has 2 rings (SSSR count). The normalized spacial score (nSPS) is 18.1. The summed E-state index contributed by atoms with van der Waals surface area (Å²) in [7, 11) is 4.14. The largest absolute Gasteiger partial charge is 0.378 e. The van der Waals surface area contributed by atoms with Crippen LogP contribution < -0.4 is 5.43 Å². The molecule has 1 aliphatic rings. The van der Waals surface area contributed by atoms with Crippen LogP contribution in [0, 0.1) is 0 Å². The lowest BCUT2D eigenvalue weighted by molar-refractivity contribution is 0.442. The minimum Gasteiger partial charge on any atom is -0.378 e. The zero-order chi connectivity index (χ0) is 15.5. The summed E-state index contributed by atoms with van der Waals surface area (Å²) in [5.41, 5.74) is 6.81. The van der Waals surface area contributed by atoms with Crippen LogP contribution in [0.1, 0.15) is 37.8 Å². The Morgan fingerprint density at radius 1 is 1.19 bits per heavy atom. The summed E-state index contributed by atoms with van der Waals surface area (Å²) in [4.78, 5) is 2.13. The first-order valence-corrected chi connectivity index (χ1v) is 7.33. The van der Waals surface area contributed by atoms with E-state index in [1.54, 1.807) is 0 Å². The second-order valence-corrected chi connectivity index (χ2v) is 6.62. The van der Waals surface area contributed by atoms with Gasteiger partial charge >= 0.3 is 0 Å². The third kappa shape index (κ3) is 4.22. The lowest BCUT2D eigenvalue weighted by Crippen LogP contribution is -2.31. The van der Waals surface area contributed by atoms with Gasteiger partial charge < -0.3 is 10.3 Å². The maximum absolute atomic E-state index is 4.37. The molecule has 0 saturated heterocycles. The van der Waals surface area contributed by atoms with Gasteiger partial charge in [0.2, 0.25) is 0 Å². The Bertz CT molecular complexity index is 574. The summed E-state index contributed by atoms with van der Waals surface area (Å²) in [6.07, 6.45) is 8.60. The van der Waals surface area contributed by atoms with Gasteiger partial charge in [0.05, 0.1) is 6.21 Å². The van der Waals surface area contributed by atoms with Crippen molar-refractivity contribution in [2.75, 3.05) is 14.1 Å². The van der Waals surface area contributed by atoms with Crippen molar-refractivity contribution < 1.29 is 0 Å². The molecule has 1 aliphatic carbocycles. The van der Waals surface area contributed by atoms with E-state index in [0.29, 0.717) is 5.92 Å². The molecule has 112 valence electrons. The lowest BCUT2D eigenvalue weighted by Gasteiger charge is -2.17. The maximum atomic E-state index is 4.37. The van der Waals surface area contributed by atoms with Crippen LogP contribution in [-0.4, -0.2) is 30.7 Å². The standard InChI is InChI=1S/C18H25N3/c1-18(2,3)20-19-13-15-8-6-7-9-17(15)14-10-11-16(12-14)21(4)5/h6-14,20H,1-5H3. The third-order valence-electron chi connectivity index (χ3n) is 3.30. The highest BCUT2D eigenvalue weighted by atomic mass is 15.3. The number of likely N-dealkylation sites (N-methyl/N-ethyl adjacent to an activating group) is 1. The molecule has 0 heterocycles. The fourth-order valence-electron chi connectivity index (χ4n) is 2.22. The monoisotopic (exact) mass is 283 g/mol. The molecule has 3 heteroatoms. The predicted molar refractivity (Wildman–Crippen MR) is 90.6 cm³/mol. The average molecular weight is 283 g/mol. The van der Waals surface area contributed by atoms with E-state index in [0.717, 1.165) is 5.56 Å². The highest BCUT2D eigenvalue weighted by Gasteiger charge is 2.15. The molecule has 1 unspecified atom stereocenters. The van der Waals surface area contributed by atoms with Crippen LogP contribution >= 0.6 is 0 Å². The number of nitrogens with one attached hydrogen (secondary N) is 1. The molecule has 0 aliphatic heterocycles. The summed E-state index contributed by atoms with van der Waals surface area (Å²) in [5, 5.41) is 4.37. The van der Waals surface area contributed by atoms with Crippen molar-refractivity contribution in [3.8, 4) is 0 Å². The lowest BCUT2D eigenvalue weighted by atomic mass is 9.96. The van der Waals surface area contributed by atoms with Gasteiger partial charge in [-0.25, -0.2) is 0 Å². The van der Waals surface area contributed by atoms with E-state index in [2.05, 4.69) is 92.8 Å². The predicted octanol–water partition coefficient (Wildman–Crippen LogP) is 3.51. The van der Waals surface area contributed by atoms with E-state index in [4.69, 9.17) is 0 Å². The van der Waals surface area contributed by atoms with E-state index < -0.39 is 0 Å². The molecule has 3 nitrogen and oxygen atoms in total. The molecule has 21 heavy (non-hydrogen) atoms. The Morgan fingerprint density at radius 2 is 1.90 bits per heavy atom. The zero-order valence-corrected chi connectivity index (χ0v) is 13.6. The highest BCUT2D eigenvalue weighted by Crippen LogP contribution is 2.29. The van der Waals surface area contributed by atoms with E-state index >= 15 is 0 Å². The van der Waals surface area contributed by atoms with Crippen LogP contribution in [0.5, 0.6) is 0 Å². The van der Waals surface area contributed by atoms with Crippen LogP contribution in [0.25, 0.3) is 0 Å². The molecule has 0 saturated carbocycles. The fraction of sp³-hybridized carbons (Fsp3) is 0.389. The smallest absolute Gasteiger partial charge is 0.0543 e. The van der Waals surface area contributed by atoms with Crippen LogP contribution in [0.3, 0.4) is 0 Å². The van der Waals surface area contributed by atoms with Crippen LogP contribution in [0.4, 0.5) is 0 Å². The first-order valence-electron chi connectivity index (χ1n) is 7.33. The Hall–Kier alpha value is -2.03. The minimum absolute atomic E-state index is 0.0172. The van der Waals surface area contributed by atoms with Crippen molar-refractivity contribution in [3.63, 3.8) is 0 Å². The number of benzene rings is 1. The molecule has 1 aromatic carbocycles. The molecule has 1 aromatic rings. The van der Waals surface area contributed by atoms with Gasteiger partial charge in [-0.1, -0.05) is 30.3 Å². The first-order chi connectivity index (χ1) is 9.87. The van der Waals surface area contributed by atoms with E-state index in [9.17, 15) is 0 Å². The van der Waals surface area contributed by atoms with E-state index in [1.807, 2.05) is 6.21 Å². The highest BCUT2D eigenvalue weighted by molar-refractivity contribution is 5.82. The number of hydrogen-bond acceptors (Lipinski definition) is 3. The van der Waals surface area contributed by atoms with Crippen molar-refractivity contribution in [1.82, 2.24) is 10.3 Å². The first kappa shape index (κ1) is 15.4. The van der Waals surface area contributed by atoms with Gasteiger partial charge in [0.1, 0.15) is 0 Å². The molecule has 0 fully saturated rings. The van der Waals surface area contributed by atoms with Crippen molar-refractivity contribution in [2.45, 2.75) is 32.2 Å². The Morgan fingerprint density at radius 3 is 2.52 bits per heavy atom. The molecule has 0 aromatic heterocycles. The molecule has 0 amide bonds. The number of rotatable bonds is 4. The molecule has 0 spiro atoms. The van der Waals surface area contributed by atoms with Gasteiger partial charge in [0.25, 0.3) is 0 Å². The number of nitrogens with zero attached hydrogens (tertiary/aromatic N) is 2. The number of allylic oxidation sites excluding steroid dienone is 3. The van der Waals surface area contributed by atoms with Crippen LogP contribution in [-0.2, 0) is 0 Å². The van der Waals surface area contributed by atoms with Gasteiger partial charge in [-0.05, 0) is 44.1 Å². The fourth-order valence-corrected chi connectivity index (χ4v) is 2.22. The summed E-state index contributed by atoms with van der Waals surface area (Å²) < 4.78 is 0. The average Bonchev–Trinajstić information content (AvgIpc) is 2.87. The van der Waals surface area contributed by atoms with Crippen LogP contribution in [0.15, 0.2) is 53.3 Å². The minimum atomic E-state index is -0.0172. The van der Waals surface area contributed by atoms with Crippen molar-refractivity contribution in [3.05, 3.63) is 59.3 Å². The quantitative estimate of drug-likeness (QED) is 0.676. The summed E-state index contributed by atoms with van der Waals surface area (Å²) >= 11 is 0. The van der Waals surface area contributed by atoms with Crippen LogP contribution in [0.2, 0.25) is 0 Å².